The molecule has 0 amide bonds. The van der Waals surface area contributed by atoms with E-state index in [4.69, 9.17) is 0 Å². The summed E-state index contributed by atoms with van der Waals surface area (Å²) in [4.78, 5) is 0. The van der Waals surface area contributed by atoms with Crippen molar-refractivity contribution in [3.05, 3.63) is 11.1 Å². The topological polar surface area (TPSA) is 20.2 Å². The molecule has 0 saturated heterocycles. The molecule has 1 N–H and O–H groups in total. The van der Waals surface area contributed by atoms with Crippen LogP contribution < -0.4 is 0 Å². The molecule has 58 valence electrons. The molecule has 0 aliphatic heterocycles. The second kappa shape index (κ2) is 2.39. The monoisotopic (exact) mass is 140 g/mol. The standard InChI is InChI=1S/C9H16O/c1-5-6(2)8(4)9(10)7(5)3/h7-10H,1-4H3. The third-order valence-corrected chi connectivity index (χ3v) is 3.01. The fourth-order valence-corrected chi connectivity index (χ4v) is 1.66. The summed E-state index contributed by atoms with van der Waals surface area (Å²) < 4.78 is 0. The van der Waals surface area contributed by atoms with E-state index in [0.717, 1.165) is 0 Å². The number of hydrogen-bond donors (Lipinski definition) is 1. The average molecular weight is 140 g/mol. The van der Waals surface area contributed by atoms with Gasteiger partial charge in [-0.3, -0.25) is 0 Å². The summed E-state index contributed by atoms with van der Waals surface area (Å²) in [7, 11) is 0. The van der Waals surface area contributed by atoms with Gasteiger partial charge in [-0.25, -0.2) is 0 Å². The van der Waals surface area contributed by atoms with E-state index in [1.165, 1.54) is 11.1 Å². The van der Waals surface area contributed by atoms with Gasteiger partial charge in [-0.05, 0) is 13.8 Å². The van der Waals surface area contributed by atoms with Crippen LogP contribution in [-0.4, -0.2) is 11.2 Å². The van der Waals surface area contributed by atoms with E-state index in [1.54, 1.807) is 0 Å². The van der Waals surface area contributed by atoms with Crippen molar-refractivity contribution in [2.24, 2.45) is 11.8 Å². The second-order valence-corrected chi connectivity index (χ2v) is 3.43. The van der Waals surface area contributed by atoms with Crippen LogP contribution in [0.1, 0.15) is 27.7 Å². The van der Waals surface area contributed by atoms with Crippen molar-refractivity contribution in [3.8, 4) is 0 Å². The second-order valence-electron chi connectivity index (χ2n) is 3.43. The molecule has 0 aromatic rings. The van der Waals surface area contributed by atoms with Crippen LogP contribution in [0.3, 0.4) is 0 Å². The lowest BCUT2D eigenvalue weighted by Crippen LogP contribution is -2.19. The molecule has 1 rings (SSSR count). The smallest absolute Gasteiger partial charge is 0.0665 e. The summed E-state index contributed by atoms with van der Waals surface area (Å²) in [6.45, 7) is 8.42. The van der Waals surface area contributed by atoms with E-state index >= 15 is 0 Å². The van der Waals surface area contributed by atoms with E-state index in [0.29, 0.717) is 11.8 Å². The predicted molar refractivity (Wildman–Crippen MR) is 42.7 cm³/mol. The van der Waals surface area contributed by atoms with Crippen LogP contribution in [0.2, 0.25) is 0 Å². The van der Waals surface area contributed by atoms with Crippen LogP contribution in [0.5, 0.6) is 0 Å². The van der Waals surface area contributed by atoms with Crippen LogP contribution in [-0.2, 0) is 0 Å². The number of aliphatic hydroxyl groups excluding tert-OH is 1. The molecule has 1 heteroatoms. The van der Waals surface area contributed by atoms with Crippen LogP contribution in [0, 0.1) is 11.8 Å². The van der Waals surface area contributed by atoms with Gasteiger partial charge in [0, 0.05) is 11.8 Å². The fraction of sp³-hybridized carbons (Fsp3) is 0.778. The van der Waals surface area contributed by atoms with Gasteiger partial charge >= 0.3 is 0 Å². The molecular weight excluding hydrogens is 124 g/mol. The van der Waals surface area contributed by atoms with E-state index in [9.17, 15) is 5.11 Å². The first-order chi connectivity index (χ1) is 4.55. The van der Waals surface area contributed by atoms with Gasteiger partial charge in [0.05, 0.1) is 6.10 Å². The van der Waals surface area contributed by atoms with E-state index in [1.807, 2.05) is 0 Å². The predicted octanol–water partition coefficient (Wildman–Crippen LogP) is 1.97. The highest BCUT2D eigenvalue weighted by atomic mass is 16.3. The van der Waals surface area contributed by atoms with Crippen LogP contribution in [0.4, 0.5) is 0 Å². The van der Waals surface area contributed by atoms with Crippen molar-refractivity contribution in [2.75, 3.05) is 0 Å². The Bertz CT molecular complexity index is 152. The van der Waals surface area contributed by atoms with Gasteiger partial charge in [-0.1, -0.05) is 25.0 Å². The zero-order valence-corrected chi connectivity index (χ0v) is 7.18. The van der Waals surface area contributed by atoms with Crippen molar-refractivity contribution in [1.29, 1.82) is 0 Å². The normalized spacial score (nSPS) is 41.1. The summed E-state index contributed by atoms with van der Waals surface area (Å²) in [6.07, 6.45) is -0.139. The van der Waals surface area contributed by atoms with Gasteiger partial charge < -0.3 is 5.11 Å². The third kappa shape index (κ3) is 0.891. The Hall–Kier alpha value is -0.300. The van der Waals surface area contributed by atoms with Crippen molar-refractivity contribution in [1.82, 2.24) is 0 Å². The van der Waals surface area contributed by atoms with E-state index < -0.39 is 0 Å². The van der Waals surface area contributed by atoms with E-state index in [-0.39, 0.29) is 6.10 Å². The van der Waals surface area contributed by atoms with Crippen molar-refractivity contribution in [2.45, 2.75) is 33.8 Å². The molecule has 0 heterocycles. The quantitative estimate of drug-likeness (QED) is 0.510. The lowest BCUT2D eigenvalue weighted by molar-refractivity contribution is 0.110. The molecule has 0 radical (unpaired) electrons. The molecule has 1 nitrogen and oxygen atoms in total. The Morgan fingerprint density at radius 1 is 1.00 bits per heavy atom. The molecular formula is C9H16O. The Kier molecular flexibility index (Phi) is 1.86. The Balaban J connectivity index is 2.88. The summed E-state index contributed by atoms with van der Waals surface area (Å²) in [6, 6.07) is 0. The van der Waals surface area contributed by atoms with Gasteiger partial charge in [0.25, 0.3) is 0 Å². The Morgan fingerprint density at radius 2 is 1.30 bits per heavy atom. The molecule has 1 aliphatic carbocycles. The first-order valence-electron chi connectivity index (χ1n) is 3.91. The SMILES string of the molecule is CC1=C(C)C(C)C(O)C1C. The number of aliphatic hydroxyl groups is 1. The van der Waals surface area contributed by atoms with Crippen molar-refractivity contribution < 1.29 is 5.11 Å². The molecule has 1 aliphatic rings. The molecule has 0 spiro atoms. The zero-order chi connectivity index (χ0) is 7.89. The van der Waals surface area contributed by atoms with Crippen molar-refractivity contribution >= 4 is 0 Å². The maximum Gasteiger partial charge on any atom is 0.0665 e. The maximum absolute atomic E-state index is 9.57. The summed E-state index contributed by atoms with van der Waals surface area (Å²) in [5, 5.41) is 9.57. The van der Waals surface area contributed by atoms with Crippen LogP contribution in [0.25, 0.3) is 0 Å². The first-order valence-corrected chi connectivity index (χ1v) is 3.91. The van der Waals surface area contributed by atoms with Gasteiger partial charge in [0.15, 0.2) is 0 Å². The van der Waals surface area contributed by atoms with Crippen molar-refractivity contribution in [3.63, 3.8) is 0 Å². The largest absolute Gasteiger partial charge is 0.392 e. The summed E-state index contributed by atoms with van der Waals surface area (Å²) >= 11 is 0. The highest BCUT2D eigenvalue weighted by Gasteiger charge is 2.31. The summed E-state index contributed by atoms with van der Waals surface area (Å²) in [5.41, 5.74) is 2.75. The maximum atomic E-state index is 9.57. The zero-order valence-electron chi connectivity index (χ0n) is 7.18. The van der Waals surface area contributed by atoms with E-state index in [2.05, 4.69) is 27.7 Å². The Labute approximate surface area is 62.8 Å². The lowest BCUT2D eigenvalue weighted by atomic mass is 9.99. The average Bonchev–Trinajstić information content (AvgIpc) is 2.07. The molecule has 10 heavy (non-hydrogen) atoms. The van der Waals surface area contributed by atoms with Gasteiger partial charge in [0.1, 0.15) is 0 Å². The van der Waals surface area contributed by atoms with Gasteiger partial charge in [0.2, 0.25) is 0 Å². The third-order valence-electron chi connectivity index (χ3n) is 3.01. The molecule has 0 bridgehead atoms. The number of rotatable bonds is 0. The minimum Gasteiger partial charge on any atom is -0.392 e. The molecule has 0 aromatic carbocycles. The molecule has 0 aromatic heterocycles. The minimum absolute atomic E-state index is 0.139. The van der Waals surface area contributed by atoms with Crippen LogP contribution >= 0.6 is 0 Å². The van der Waals surface area contributed by atoms with Gasteiger partial charge in [-0.15, -0.1) is 0 Å². The molecule has 2 unspecified atom stereocenters. The molecule has 0 saturated carbocycles. The van der Waals surface area contributed by atoms with Gasteiger partial charge in [-0.2, -0.15) is 0 Å². The molecule has 2 atom stereocenters. The first kappa shape index (κ1) is 7.80. The number of hydrogen-bond acceptors (Lipinski definition) is 1. The minimum atomic E-state index is -0.139. The fourth-order valence-electron chi connectivity index (χ4n) is 1.66. The lowest BCUT2D eigenvalue weighted by Gasteiger charge is -2.14. The summed E-state index contributed by atoms with van der Waals surface area (Å²) in [5.74, 6) is 0.741. The Morgan fingerprint density at radius 3 is 1.40 bits per heavy atom. The highest BCUT2D eigenvalue weighted by Crippen LogP contribution is 2.35. The molecule has 0 fully saturated rings. The van der Waals surface area contributed by atoms with Crippen LogP contribution in [0.15, 0.2) is 11.1 Å². The highest BCUT2D eigenvalue weighted by molar-refractivity contribution is 5.24.